The van der Waals surface area contributed by atoms with Crippen LogP contribution in [0.1, 0.15) is 11.1 Å². The maximum absolute atomic E-state index is 6.63. The van der Waals surface area contributed by atoms with Gasteiger partial charge in [-0.1, -0.05) is 72.4 Å². The lowest BCUT2D eigenvalue weighted by molar-refractivity contribution is 0.306. The van der Waals surface area contributed by atoms with Gasteiger partial charge in [0.1, 0.15) is 16.6 Å². The van der Waals surface area contributed by atoms with E-state index in [4.69, 9.17) is 16.3 Å². The van der Waals surface area contributed by atoms with E-state index in [1.54, 1.807) is 0 Å². The average Bonchev–Trinajstić information content (AvgIpc) is 2.62. The van der Waals surface area contributed by atoms with Gasteiger partial charge in [0.25, 0.3) is 0 Å². The highest BCUT2D eigenvalue weighted by Crippen LogP contribution is 2.44. The van der Waals surface area contributed by atoms with Crippen LogP contribution in [0, 0.1) is 6.92 Å². The minimum Gasteiger partial charge on any atom is -0.489 e. The van der Waals surface area contributed by atoms with Gasteiger partial charge < -0.3 is 4.74 Å². The minimum atomic E-state index is -0.765. The first-order valence-corrected chi connectivity index (χ1v) is 8.88. The summed E-state index contributed by atoms with van der Waals surface area (Å²) < 4.78 is 5.04. The summed E-state index contributed by atoms with van der Waals surface area (Å²) in [5.74, 6) is 0.819. The number of hydrogen-bond acceptors (Lipinski definition) is 2. The van der Waals surface area contributed by atoms with Crippen LogP contribution in [-0.2, 0) is 10.8 Å². The summed E-state index contributed by atoms with van der Waals surface area (Å²) in [5, 5.41) is 0. The molecule has 0 heterocycles. The van der Waals surface area contributed by atoms with Crippen molar-refractivity contribution in [3.8, 4) is 5.75 Å². The fourth-order valence-electron chi connectivity index (χ4n) is 2.28. The van der Waals surface area contributed by atoms with E-state index in [1.807, 2.05) is 84.9 Å². The van der Waals surface area contributed by atoms with Crippen LogP contribution in [-0.4, -0.2) is 0 Å². The lowest BCUT2D eigenvalue weighted by Gasteiger charge is -2.22. The topological polar surface area (TPSA) is 9.23 Å². The molecule has 1 radical (unpaired) electrons. The Morgan fingerprint density at radius 1 is 0.833 bits per heavy atom. The number of halogens is 1. The van der Waals surface area contributed by atoms with Gasteiger partial charge in [-0.3, -0.25) is 0 Å². The molecular weight excluding hydrogens is 336 g/mol. The second kappa shape index (κ2) is 7.78. The average molecular weight is 354 g/mol. The van der Waals surface area contributed by atoms with E-state index in [2.05, 4.69) is 6.92 Å². The molecule has 0 aromatic heterocycles. The molecule has 0 saturated heterocycles. The van der Waals surface area contributed by atoms with Crippen molar-refractivity contribution < 1.29 is 4.74 Å². The van der Waals surface area contributed by atoms with E-state index in [0.29, 0.717) is 6.61 Å². The number of alkyl halides is 1. The largest absolute Gasteiger partial charge is 0.489 e. The van der Waals surface area contributed by atoms with Crippen molar-refractivity contribution in [2.45, 2.75) is 15.7 Å². The summed E-state index contributed by atoms with van der Waals surface area (Å²) in [6.07, 6.45) is 0. The zero-order chi connectivity index (χ0) is 16.8. The lowest BCUT2D eigenvalue weighted by atomic mass is 10.1. The third-order valence-corrected chi connectivity index (χ3v) is 5.07. The van der Waals surface area contributed by atoms with Gasteiger partial charge in [-0.05, 0) is 42.3 Å². The Hall–Kier alpha value is -1.90. The van der Waals surface area contributed by atoms with Crippen molar-refractivity contribution >= 4 is 23.4 Å². The van der Waals surface area contributed by atoms with E-state index < -0.39 is 4.21 Å². The maximum Gasteiger partial charge on any atom is 0.119 e. The standard InChI is InChI=1S/C21H18ClOS/c1-21(22,24-20-10-6-3-7-11-20)18-12-14-19(15-13-18)23-16-17-8-4-2-5-9-17/h2-15H,1,16H2. The Bertz CT molecular complexity index is 755. The van der Waals surface area contributed by atoms with Crippen molar-refractivity contribution in [1.82, 2.24) is 0 Å². The van der Waals surface area contributed by atoms with Crippen molar-refractivity contribution in [3.05, 3.63) is 103 Å². The summed E-state index contributed by atoms with van der Waals surface area (Å²) in [6.45, 7) is 4.70. The molecular formula is C21H18ClOS. The van der Waals surface area contributed by atoms with E-state index >= 15 is 0 Å². The van der Waals surface area contributed by atoms with Gasteiger partial charge in [-0.25, -0.2) is 0 Å². The fourth-order valence-corrected chi connectivity index (χ4v) is 3.59. The van der Waals surface area contributed by atoms with Gasteiger partial charge in [0.15, 0.2) is 0 Å². The maximum atomic E-state index is 6.63. The Kier molecular flexibility index (Phi) is 5.49. The lowest BCUT2D eigenvalue weighted by Crippen LogP contribution is -2.08. The van der Waals surface area contributed by atoms with Gasteiger partial charge in [0.2, 0.25) is 0 Å². The van der Waals surface area contributed by atoms with E-state index in [-0.39, 0.29) is 0 Å². The second-order valence-corrected chi connectivity index (χ2v) is 7.68. The Morgan fingerprint density at radius 3 is 2.04 bits per heavy atom. The Labute approximate surface area is 152 Å². The van der Waals surface area contributed by atoms with Gasteiger partial charge in [-0.2, -0.15) is 0 Å². The fraction of sp³-hybridized carbons (Fsp3) is 0.0952. The first kappa shape index (κ1) is 16.9. The molecule has 0 saturated carbocycles. The van der Waals surface area contributed by atoms with E-state index in [0.717, 1.165) is 21.8 Å². The van der Waals surface area contributed by atoms with E-state index in [9.17, 15) is 0 Å². The first-order valence-electron chi connectivity index (χ1n) is 7.69. The minimum absolute atomic E-state index is 0.551. The van der Waals surface area contributed by atoms with Crippen LogP contribution in [0.5, 0.6) is 5.75 Å². The molecule has 0 N–H and O–H groups in total. The highest BCUT2D eigenvalue weighted by Gasteiger charge is 2.25. The van der Waals surface area contributed by atoms with Crippen molar-refractivity contribution in [2.75, 3.05) is 0 Å². The summed E-state index contributed by atoms with van der Waals surface area (Å²) in [6, 6.07) is 28.0. The number of hydrogen-bond donors (Lipinski definition) is 0. The highest BCUT2D eigenvalue weighted by molar-refractivity contribution is 8.01. The van der Waals surface area contributed by atoms with E-state index in [1.165, 1.54) is 11.8 Å². The summed E-state index contributed by atoms with van der Waals surface area (Å²) in [5.41, 5.74) is 2.09. The molecule has 0 aliphatic heterocycles. The van der Waals surface area contributed by atoms with Gasteiger partial charge in [0.05, 0.1) is 0 Å². The molecule has 0 amide bonds. The molecule has 3 heteroatoms. The van der Waals surface area contributed by atoms with Crippen LogP contribution in [0.25, 0.3) is 0 Å². The molecule has 0 bridgehead atoms. The number of ether oxygens (including phenoxy) is 1. The molecule has 3 aromatic rings. The van der Waals surface area contributed by atoms with Crippen LogP contribution < -0.4 is 4.74 Å². The predicted octanol–water partition coefficient (Wildman–Crippen LogP) is 6.28. The predicted molar refractivity (Wildman–Crippen MR) is 102 cm³/mol. The normalized spacial score (nSPS) is 13.2. The molecule has 0 aliphatic rings. The molecule has 24 heavy (non-hydrogen) atoms. The number of thioether (sulfide) groups is 1. The third-order valence-electron chi connectivity index (χ3n) is 3.56. The summed E-state index contributed by atoms with van der Waals surface area (Å²) >= 11 is 8.16. The summed E-state index contributed by atoms with van der Waals surface area (Å²) in [7, 11) is 0. The Morgan fingerprint density at radius 2 is 1.42 bits per heavy atom. The molecule has 1 nitrogen and oxygen atoms in total. The SMILES string of the molecule is [CH2]C(Cl)(Sc1ccccc1)c1ccc(OCc2ccccc2)cc1. The zero-order valence-corrected chi connectivity index (χ0v) is 14.8. The third kappa shape index (κ3) is 4.56. The van der Waals surface area contributed by atoms with Gasteiger partial charge in [-0.15, -0.1) is 11.6 Å². The molecule has 0 aliphatic carbocycles. The zero-order valence-electron chi connectivity index (χ0n) is 13.2. The van der Waals surface area contributed by atoms with Gasteiger partial charge >= 0.3 is 0 Å². The van der Waals surface area contributed by atoms with Crippen LogP contribution in [0.4, 0.5) is 0 Å². The molecule has 0 fully saturated rings. The molecule has 3 rings (SSSR count). The highest BCUT2D eigenvalue weighted by atomic mass is 35.5. The van der Waals surface area contributed by atoms with Crippen molar-refractivity contribution in [1.29, 1.82) is 0 Å². The van der Waals surface area contributed by atoms with Gasteiger partial charge in [0, 0.05) is 4.90 Å². The van der Waals surface area contributed by atoms with Crippen LogP contribution >= 0.6 is 23.4 Å². The molecule has 0 spiro atoms. The molecule has 1 atom stereocenters. The molecule has 3 aromatic carbocycles. The Balaban J connectivity index is 1.65. The first-order chi connectivity index (χ1) is 11.6. The number of benzene rings is 3. The van der Waals surface area contributed by atoms with Crippen LogP contribution in [0.3, 0.4) is 0 Å². The monoisotopic (exact) mass is 353 g/mol. The second-order valence-electron chi connectivity index (χ2n) is 5.44. The van der Waals surface area contributed by atoms with Crippen molar-refractivity contribution in [3.63, 3.8) is 0 Å². The molecule has 121 valence electrons. The summed E-state index contributed by atoms with van der Waals surface area (Å²) in [4.78, 5) is 1.09. The molecule has 1 unspecified atom stereocenters. The smallest absolute Gasteiger partial charge is 0.119 e. The van der Waals surface area contributed by atoms with Crippen LogP contribution in [0.15, 0.2) is 89.8 Å². The number of rotatable bonds is 6. The van der Waals surface area contributed by atoms with Crippen molar-refractivity contribution in [2.24, 2.45) is 0 Å². The quantitative estimate of drug-likeness (QED) is 0.380. The van der Waals surface area contributed by atoms with Crippen LogP contribution in [0.2, 0.25) is 0 Å².